The summed E-state index contributed by atoms with van der Waals surface area (Å²) in [7, 11) is 1.63. The predicted octanol–water partition coefficient (Wildman–Crippen LogP) is 1.80. The molecule has 0 fully saturated rings. The van der Waals surface area contributed by atoms with Gasteiger partial charge in [-0.25, -0.2) is 4.79 Å². The summed E-state index contributed by atoms with van der Waals surface area (Å²) in [4.78, 5) is 13.8. The molecule has 0 radical (unpaired) electrons. The van der Waals surface area contributed by atoms with E-state index in [0.29, 0.717) is 13.2 Å². The van der Waals surface area contributed by atoms with Gasteiger partial charge in [-0.3, -0.25) is 4.90 Å². The monoisotopic (exact) mass is 234 g/mol. The molecular weight excluding hydrogens is 216 g/mol. The van der Waals surface area contributed by atoms with E-state index < -0.39 is 0 Å². The van der Waals surface area contributed by atoms with Gasteiger partial charge < -0.3 is 10.1 Å². The molecular formula is C13H18N2O2. The van der Waals surface area contributed by atoms with Crippen LogP contribution < -0.4 is 10.2 Å². The zero-order chi connectivity index (χ0) is 12.1. The Labute approximate surface area is 102 Å². The third-order valence-electron chi connectivity index (χ3n) is 2.94. The maximum Gasteiger partial charge on any atom is 0.321 e. The van der Waals surface area contributed by atoms with Gasteiger partial charge in [0.2, 0.25) is 0 Å². The highest BCUT2D eigenvalue weighted by Gasteiger charge is 2.21. The second-order valence-electron chi connectivity index (χ2n) is 4.11. The zero-order valence-electron chi connectivity index (χ0n) is 10.1. The van der Waals surface area contributed by atoms with E-state index in [1.807, 2.05) is 23.1 Å². The first kappa shape index (κ1) is 11.9. The first-order valence-corrected chi connectivity index (χ1v) is 5.95. The number of ether oxygens (including phenoxy) is 1. The van der Waals surface area contributed by atoms with Gasteiger partial charge in [0.1, 0.15) is 0 Å². The van der Waals surface area contributed by atoms with Gasteiger partial charge in [0.05, 0.1) is 6.61 Å². The number of nitrogens with zero attached hydrogens (tertiary/aromatic N) is 1. The van der Waals surface area contributed by atoms with Crippen LogP contribution in [-0.2, 0) is 11.2 Å². The molecule has 1 aliphatic rings. The van der Waals surface area contributed by atoms with Gasteiger partial charge in [-0.2, -0.15) is 0 Å². The van der Waals surface area contributed by atoms with Crippen LogP contribution in [0.5, 0.6) is 0 Å². The van der Waals surface area contributed by atoms with E-state index in [-0.39, 0.29) is 6.03 Å². The van der Waals surface area contributed by atoms with Crippen LogP contribution in [0.3, 0.4) is 0 Å². The summed E-state index contributed by atoms with van der Waals surface area (Å²) in [5.41, 5.74) is 2.29. The van der Waals surface area contributed by atoms with E-state index >= 15 is 0 Å². The summed E-state index contributed by atoms with van der Waals surface area (Å²) >= 11 is 0. The molecule has 1 aliphatic heterocycles. The van der Waals surface area contributed by atoms with Crippen molar-refractivity contribution < 1.29 is 9.53 Å². The SMILES string of the molecule is COCCNC(=O)N1CCCc2ccccc21. The number of fused-ring (bicyclic) bond motifs is 1. The molecule has 0 aliphatic carbocycles. The number of rotatable bonds is 3. The predicted molar refractivity (Wildman–Crippen MR) is 67.4 cm³/mol. The number of hydrogen-bond donors (Lipinski definition) is 1. The van der Waals surface area contributed by atoms with Crippen LogP contribution in [0.4, 0.5) is 10.5 Å². The number of anilines is 1. The normalized spacial score (nSPS) is 14.3. The Bertz CT molecular complexity index is 393. The van der Waals surface area contributed by atoms with Gasteiger partial charge in [0.15, 0.2) is 0 Å². The summed E-state index contributed by atoms with van der Waals surface area (Å²) in [5, 5.41) is 2.86. The number of hydrogen-bond acceptors (Lipinski definition) is 2. The molecule has 2 rings (SSSR count). The highest BCUT2D eigenvalue weighted by molar-refractivity contribution is 5.93. The van der Waals surface area contributed by atoms with E-state index in [2.05, 4.69) is 11.4 Å². The van der Waals surface area contributed by atoms with E-state index in [9.17, 15) is 4.79 Å². The molecule has 1 aromatic carbocycles. The minimum atomic E-state index is -0.0331. The topological polar surface area (TPSA) is 41.6 Å². The Morgan fingerprint density at radius 3 is 3.12 bits per heavy atom. The van der Waals surface area contributed by atoms with Gasteiger partial charge in [-0.1, -0.05) is 18.2 Å². The van der Waals surface area contributed by atoms with Crippen LogP contribution in [0.2, 0.25) is 0 Å². The van der Waals surface area contributed by atoms with Gasteiger partial charge >= 0.3 is 6.03 Å². The number of amides is 2. The maximum absolute atomic E-state index is 12.0. The highest BCUT2D eigenvalue weighted by atomic mass is 16.5. The van der Waals surface area contributed by atoms with Crippen molar-refractivity contribution in [2.45, 2.75) is 12.8 Å². The fourth-order valence-electron chi connectivity index (χ4n) is 2.10. The van der Waals surface area contributed by atoms with Crippen LogP contribution in [0.15, 0.2) is 24.3 Å². The molecule has 0 atom stereocenters. The van der Waals surface area contributed by atoms with E-state index in [0.717, 1.165) is 25.1 Å². The number of aryl methyl sites for hydroxylation is 1. The van der Waals surface area contributed by atoms with Crippen molar-refractivity contribution in [1.29, 1.82) is 0 Å². The molecule has 0 unspecified atom stereocenters. The van der Waals surface area contributed by atoms with Crippen LogP contribution in [0.25, 0.3) is 0 Å². The van der Waals surface area contributed by atoms with E-state index in [1.54, 1.807) is 7.11 Å². The molecule has 2 amide bonds. The lowest BCUT2D eigenvalue weighted by molar-refractivity contribution is 0.197. The van der Waals surface area contributed by atoms with Crippen molar-refractivity contribution in [1.82, 2.24) is 5.32 Å². The lowest BCUT2D eigenvalue weighted by atomic mass is 10.0. The highest BCUT2D eigenvalue weighted by Crippen LogP contribution is 2.26. The van der Waals surface area contributed by atoms with Crippen LogP contribution in [0.1, 0.15) is 12.0 Å². The lowest BCUT2D eigenvalue weighted by Crippen LogP contribution is -2.43. The molecule has 0 bridgehead atoms. The van der Waals surface area contributed by atoms with Crippen LogP contribution in [-0.4, -0.2) is 32.8 Å². The smallest absolute Gasteiger partial charge is 0.321 e. The number of para-hydroxylation sites is 1. The second-order valence-corrected chi connectivity index (χ2v) is 4.11. The van der Waals surface area contributed by atoms with Crippen molar-refractivity contribution in [2.24, 2.45) is 0 Å². The standard InChI is InChI=1S/C13H18N2O2/c1-17-10-8-14-13(16)15-9-4-6-11-5-2-3-7-12(11)15/h2-3,5,7H,4,6,8-10H2,1H3,(H,14,16). The number of benzene rings is 1. The Balaban J connectivity index is 2.05. The summed E-state index contributed by atoms with van der Waals surface area (Å²) in [5.74, 6) is 0. The first-order valence-electron chi connectivity index (χ1n) is 5.95. The minimum absolute atomic E-state index is 0.0331. The van der Waals surface area contributed by atoms with Crippen molar-refractivity contribution in [3.05, 3.63) is 29.8 Å². The number of methoxy groups -OCH3 is 1. The number of urea groups is 1. The fraction of sp³-hybridized carbons (Fsp3) is 0.462. The Morgan fingerprint density at radius 2 is 2.29 bits per heavy atom. The Kier molecular flexibility index (Phi) is 3.98. The van der Waals surface area contributed by atoms with Crippen molar-refractivity contribution >= 4 is 11.7 Å². The quantitative estimate of drug-likeness (QED) is 0.810. The first-order chi connectivity index (χ1) is 8.33. The number of nitrogens with one attached hydrogen (secondary N) is 1. The minimum Gasteiger partial charge on any atom is -0.383 e. The maximum atomic E-state index is 12.0. The molecule has 1 aromatic rings. The fourth-order valence-corrected chi connectivity index (χ4v) is 2.10. The van der Waals surface area contributed by atoms with Gasteiger partial charge in [0.25, 0.3) is 0 Å². The second kappa shape index (κ2) is 5.68. The third kappa shape index (κ3) is 2.77. The molecule has 0 aromatic heterocycles. The molecule has 0 saturated carbocycles. The average Bonchev–Trinajstić information content (AvgIpc) is 2.38. The summed E-state index contributed by atoms with van der Waals surface area (Å²) in [6.07, 6.45) is 2.08. The lowest BCUT2D eigenvalue weighted by Gasteiger charge is -2.29. The summed E-state index contributed by atoms with van der Waals surface area (Å²) in [6.45, 7) is 1.88. The van der Waals surface area contributed by atoms with Gasteiger partial charge in [-0.05, 0) is 24.5 Å². The van der Waals surface area contributed by atoms with Crippen molar-refractivity contribution in [2.75, 3.05) is 31.7 Å². The molecule has 17 heavy (non-hydrogen) atoms. The van der Waals surface area contributed by atoms with Gasteiger partial charge in [0, 0.05) is 25.9 Å². The van der Waals surface area contributed by atoms with Crippen molar-refractivity contribution in [3.8, 4) is 0 Å². The van der Waals surface area contributed by atoms with E-state index in [4.69, 9.17) is 4.74 Å². The van der Waals surface area contributed by atoms with Crippen LogP contribution >= 0.6 is 0 Å². The van der Waals surface area contributed by atoms with Crippen molar-refractivity contribution in [3.63, 3.8) is 0 Å². The van der Waals surface area contributed by atoms with Crippen LogP contribution in [0, 0.1) is 0 Å². The number of carbonyl (C=O) groups is 1. The number of carbonyl (C=O) groups excluding carboxylic acids is 1. The molecule has 4 heteroatoms. The van der Waals surface area contributed by atoms with E-state index in [1.165, 1.54) is 5.56 Å². The summed E-state index contributed by atoms with van der Waals surface area (Å²) in [6, 6.07) is 8.05. The molecule has 4 nitrogen and oxygen atoms in total. The largest absolute Gasteiger partial charge is 0.383 e. The summed E-state index contributed by atoms with van der Waals surface area (Å²) < 4.78 is 4.92. The molecule has 1 heterocycles. The Hall–Kier alpha value is -1.55. The Morgan fingerprint density at radius 1 is 1.47 bits per heavy atom. The molecule has 0 saturated heterocycles. The molecule has 92 valence electrons. The molecule has 0 spiro atoms. The van der Waals surface area contributed by atoms with Gasteiger partial charge in [-0.15, -0.1) is 0 Å². The third-order valence-corrected chi connectivity index (χ3v) is 2.94. The average molecular weight is 234 g/mol. The zero-order valence-corrected chi connectivity index (χ0v) is 10.1. The molecule has 1 N–H and O–H groups in total.